The minimum absolute atomic E-state index is 0.193. The van der Waals surface area contributed by atoms with Crippen molar-refractivity contribution in [2.75, 3.05) is 0 Å². The molecule has 5 heteroatoms. The van der Waals surface area contributed by atoms with Gasteiger partial charge < -0.3 is 9.73 Å². The average molecular weight is 314 g/mol. The summed E-state index contributed by atoms with van der Waals surface area (Å²) in [7, 11) is 0. The summed E-state index contributed by atoms with van der Waals surface area (Å²) in [6, 6.07) is 11.7. The van der Waals surface area contributed by atoms with Crippen LogP contribution in [0.4, 0.5) is 0 Å². The maximum absolute atomic E-state index is 6.17. The summed E-state index contributed by atoms with van der Waals surface area (Å²) in [4.78, 5) is 8.32. The van der Waals surface area contributed by atoms with Gasteiger partial charge in [-0.2, -0.15) is 0 Å². The maximum Gasteiger partial charge on any atom is 0.208 e. The van der Waals surface area contributed by atoms with Gasteiger partial charge in [0.1, 0.15) is 0 Å². The van der Waals surface area contributed by atoms with Crippen molar-refractivity contribution < 1.29 is 4.42 Å². The van der Waals surface area contributed by atoms with Gasteiger partial charge in [-0.15, -0.1) is 0 Å². The molecular weight excluding hydrogens is 298 g/mol. The number of hydrogen-bond donors (Lipinski definition) is 1. The molecule has 0 aliphatic heterocycles. The fraction of sp³-hybridized carbons (Fsp3) is 0.176. The largest absolute Gasteiger partial charge is 0.439 e. The van der Waals surface area contributed by atoms with Crippen LogP contribution in [0, 0.1) is 0 Å². The molecule has 112 valence electrons. The lowest BCUT2D eigenvalue weighted by atomic mass is 10.1. The smallest absolute Gasteiger partial charge is 0.208 e. The lowest BCUT2D eigenvalue weighted by Crippen LogP contribution is -2.18. The van der Waals surface area contributed by atoms with Crippen LogP contribution in [0.25, 0.3) is 11.3 Å². The van der Waals surface area contributed by atoms with Crippen molar-refractivity contribution >= 4 is 11.6 Å². The molecule has 0 spiro atoms. The first-order chi connectivity index (χ1) is 10.7. The van der Waals surface area contributed by atoms with E-state index in [1.54, 1.807) is 18.6 Å². The van der Waals surface area contributed by atoms with E-state index < -0.39 is 0 Å². The van der Waals surface area contributed by atoms with Gasteiger partial charge >= 0.3 is 0 Å². The molecule has 0 amide bonds. The molecule has 3 aromatic rings. The quantitative estimate of drug-likeness (QED) is 0.765. The molecule has 22 heavy (non-hydrogen) atoms. The van der Waals surface area contributed by atoms with Crippen LogP contribution in [0.1, 0.15) is 24.4 Å². The van der Waals surface area contributed by atoms with Gasteiger partial charge in [-0.25, -0.2) is 4.98 Å². The predicted octanol–water partition coefficient (Wildman–Crippen LogP) is 4.24. The number of pyridine rings is 1. The van der Waals surface area contributed by atoms with E-state index in [0.29, 0.717) is 23.2 Å². The molecule has 0 unspecified atom stereocenters. The fourth-order valence-electron chi connectivity index (χ4n) is 2.19. The number of nitrogens with zero attached hydrogens (tertiary/aromatic N) is 2. The molecule has 0 saturated heterocycles. The van der Waals surface area contributed by atoms with E-state index in [2.05, 4.69) is 22.2 Å². The Kier molecular flexibility index (Phi) is 4.51. The third-order valence-corrected chi connectivity index (χ3v) is 3.79. The van der Waals surface area contributed by atoms with Gasteiger partial charge in [0, 0.05) is 24.0 Å². The fourth-order valence-corrected chi connectivity index (χ4v) is 2.42. The van der Waals surface area contributed by atoms with Crippen molar-refractivity contribution in [1.82, 2.24) is 15.3 Å². The third kappa shape index (κ3) is 3.35. The molecular formula is C17H16ClN3O. The van der Waals surface area contributed by atoms with Gasteiger partial charge in [0.15, 0.2) is 5.76 Å². The van der Waals surface area contributed by atoms with Crippen LogP contribution < -0.4 is 5.32 Å². The number of nitrogens with one attached hydrogen (secondary N) is 1. The van der Waals surface area contributed by atoms with E-state index in [4.69, 9.17) is 16.0 Å². The Morgan fingerprint density at radius 3 is 2.73 bits per heavy atom. The Labute approximate surface area is 134 Å². The predicted molar refractivity (Wildman–Crippen MR) is 86.4 cm³/mol. The van der Waals surface area contributed by atoms with E-state index >= 15 is 0 Å². The van der Waals surface area contributed by atoms with E-state index in [1.807, 2.05) is 36.4 Å². The van der Waals surface area contributed by atoms with Crippen LogP contribution in [-0.4, -0.2) is 9.97 Å². The van der Waals surface area contributed by atoms with Crippen molar-refractivity contribution in [2.24, 2.45) is 0 Å². The zero-order chi connectivity index (χ0) is 15.4. The van der Waals surface area contributed by atoms with Crippen molar-refractivity contribution in [3.63, 3.8) is 0 Å². The SMILES string of the molecule is C[C@@H](NCc1ncc(-c2ccccc2Cl)o1)c1ccncc1. The van der Waals surface area contributed by atoms with Gasteiger partial charge in [-0.1, -0.05) is 23.7 Å². The van der Waals surface area contributed by atoms with Gasteiger partial charge in [-0.3, -0.25) is 4.98 Å². The Morgan fingerprint density at radius 1 is 1.18 bits per heavy atom. The van der Waals surface area contributed by atoms with Crippen LogP contribution in [0.2, 0.25) is 5.02 Å². The molecule has 1 atom stereocenters. The summed E-state index contributed by atoms with van der Waals surface area (Å²) in [5.41, 5.74) is 2.03. The normalized spacial score (nSPS) is 12.3. The van der Waals surface area contributed by atoms with Crippen LogP contribution >= 0.6 is 11.6 Å². The second kappa shape index (κ2) is 6.73. The van der Waals surface area contributed by atoms with Crippen LogP contribution in [0.5, 0.6) is 0 Å². The average Bonchev–Trinajstić information content (AvgIpc) is 3.02. The van der Waals surface area contributed by atoms with Gasteiger partial charge in [0.05, 0.1) is 17.8 Å². The van der Waals surface area contributed by atoms with E-state index in [0.717, 1.165) is 5.56 Å². The van der Waals surface area contributed by atoms with Crippen molar-refractivity contribution in [1.29, 1.82) is 0 Å². The first-order valence-corrected chi connectivity index (χ1v) is 7.45. The molecule has 0 aliphatic carbocycles. The van der Waals surface area contributed by atoms with Crippen molar-refractivity contribution in [2.45, 2.75) is 19.5 Å². The molecule has 0 saturated carbocycles. The summed E-state index contributed by atoms with van der Waals surface area (Å²) in [5.74, 6) is 1.31. The molecule has 1 N–H and O–H groups in total. The highest BCUT2D eigenvalue weighted by Crippen LogP contribution is 2.28. The van der Waals surface area contributed by atoms with Crippen LogP contribution in [0.15, 0.2) is 59.4 Å². The molecule has 4 nitrogen and oxygen atoms in total. The molecule has 0 fully saturated rings. The van der Waals surface area contributed by atoms with Crippen LogP contribution in [-0.2, 0) is 6.54 Å². The molecule has 2 aromatic heterocycles. The number of hydrogen-bond acceptors (Lipinski definition) is 4. The Bertz CT molecular complexity index is 742. The number of aromatic nitrogens is 2. The zero-order valence-electron chi connectivity index (χ0n) is 12.2. The summed E-state index contributed by atoms with van der Waals surface area (Å²) >= 11 is 6.17. The minimum Gasteiger partial charge on any atom is -0.439 e. The Hall–Kier alpha value is -2.17. The Morgan fingerprint density at radius 2 is 1.95 bits per heavy atom. The lowest BCUT2D eigenvalue weighted by molar-refractivity contribution is 0.454. The van der Waals surface area contributed by atoms with Crippen molar-refractivity contribution in [3.05, 3.63) is 71.5 Å². The van der Waals surface area contributed by atoms with Gasteiger partial charge in [0.2, 0.25) is 5.89 Å². The van der Waals surface area contributed by atoms with Crippen molar-refractivity contribution in [3.8, 4) is 11.3 Å². The van der Waals surface area contributed by atoms with E-state index in [9.17, 15) is 0 Å². The Balaban J connectivity index is 1.67. The standard InChI is InChI=1S/C17H16ClN3O/c1-12(13-6-8-19-9-7-13)20-11-17-21-10-16(22-17)14-4-2-3-5-15(14)18/h2-10,12,20H,11H2,1H3/t12-/m1/s1. The third-order valence-electron chi connectivity index (χ3n) is 3.46. The highest BCUT2D eigenvalue weighted by atomic mass is 35.5. The number of oxazole rings is 1. The summed E-state index contributed by atoms with van der Waals surface area (Å²) in [6.07, 6.45) is 5.28. The number of halogens is 1. The number of benzene rings is 1. The first-order valence-electron chi connectivity index (χ1n) is 7.07. The highest BCUT2D eigenvalue weighted by molar-refractivity contribution is 6.33. The van der Waals surface area contributed by atoms with Crippen LogP contribution in [0.3, 0.4) is 0 Å². The molecule has 3 rings (SSSR count). The monoisotopic (exact) mass is 313 g/mol. The summed E-state index contributed by atoms with van der Waals surface area (Å²) in [6.45, 7) is 2.64. The minimum atomic E-state index is 0.193. The van der Waals surface area contributed by atoms with E-state index in [-0.39, 0.29) is 6.04 Å². The van der Waals surface area contributed by atoms with Gasteiger partial charge in [0.25, 0.3) is 0 Å². The summed E-state index contributed by atoms with van der Waals surface area (Å²) in [5, 5.41) is 4.03. The molecule has 1 aromatic carbocycles. The zero-order valence-corrected chi connectivity index (χ0v) is 12.9. The second-order valence-corrected chi connectivity index (χ2v) is 5.39. The second-order valence-electron chi connectivity index (χ2n) is 4.98. The summed E-state index contributed by atoms with van der Waals surface area (Å²) < 4.78 is 5.77. The number of rotatable bonds is 5. The topological polar surface area (TPSA) is 51.0 Å². The lowest BCUT2D eigenvalue weighted by Gasteiger charge is -2.12. The maximum atomic E-state index is 6.17. The van der Waals surface area contributed by atoms with Gasteiger partial charge in [-0.05, 0) is 36.8 Å². The molecule has 0 aliphatic rings. The highest BCUT2D eigenvalue weighted by Gasteiger charge is 2.11. The molecule has 2 heterocycles. The van der Waals surface area contributed by atoms with E-state index in [1.165, 1.54) is 5.56 Å². The molecule has 0 radical (unpaired) electrons. The molecule has 0 bridgehead atoms. The first kappa shape index (κ1) is 14.8.